The van der Waals surface area contributed by atoms with Gasteiger partial charge in [0, 0.05) is 18.7 Å². The maximum absolute atomic E-state index is 14.0. The van der Waals surface area contributed by atoms with E-state index < -0.39 is 0 Å². The SMILES string of the molecule is CCCCCCC(=O)N(CC(=O)N1c2ccccc2-n2cccc2C1c1ccccc1)C1CC1. The molecule has 5 rings (SSSR count). The topological polar surface area (TPSA) is 45.6 Å². The molecule has 0 spiro atoms. The van der Waals surface area contributed by atoms with Gasteiger partial charge in [-0.05, 0) is 49.1 Å². The largest absolute Gasteiger partial charge is 0.330 e. The van der Waals surface area contributed by atoms with Crippen LogP contribution in [0, 0.1) is 0 Å². The van der Waals surface area contributed by atoms with Crippen LogP contribution in [0.3, 0.4) is 0 Å². The van der Waals surface area contributed by atoms with Gasteiger partial charge in [0.2, 0.25) is 11.8 Å². The summed E-state index contributed by atoms with van der Waals surface area (Å²) in [5.74, 6) is 0.0967. The third-order valence-corrected chi connectivity index (χ3v) is 6.96. The minimum atomic E-state index is -0.237. The van der Waals surface area contributed by atoms with Crippen molar-refractivity contribution in [3.05, 3.63) is 84.2 Å². The monoisotopic (exact) mass is 455 g/mol. The van der Waals surface area contributed by atoms with E-state index >= 15 is 0 Å². The number of carbonyl (C=O) groups excluding carboxylic acids is 2. The number of rotatable bonds is 9. The summed E-state index contributed by atoms with van der Waals surface area (Å²) in [4.78, 5) is 30.9. The molecule has 176 valence electrons. The normalized spacial score (nSPS) is 16.6. The van der Waals surface area contributed by atoms with Gasteiger partial charge in [0.25, 0.3) is 0 Å². The van der Waals surface area contributed by atoms with Crippen LogP contribution in [-0.2, 0) is 9.59 Å². The van der Waals surface area contributed by atoms with Crippen molar-refractivity contribution in [1.82, 2.24) is 9.47 Å². The Morgan fingerprint density at radius 3 is 2.35 bits per heavy atom. The van der Waals surface area contributed by atoms with Crippen molar-refractivity contribution >= 4 is 17.5 Å². The van der Waals surface area contributed by atoms with Crippen molar-refractivity contribution in [1.29, 1.82) is 0 Å². The van der Waals surface area contributed by atoms with E-state index in [1.165, 1.54) is 0 Å². The van der Waals surface area contributed by atoms with Gasteiger partial charge in [-0.2, -0.15) is 0 Å². The highest BCUT2D eigenvalue weighted by molar-refractivity contribution is 6.00. The second-order valence-electron chi connectivity index (χ2n) is 9.43. The summed E-state index contributed by atoms with van der Waals surface area (Å²) < 4.78 is 2.17. The molecule has 0 saturated heterocycles. The molecule has 1 aromatic heterocycles. The van der Waals surface area contributed by atoms with E-state index in [9.17, 15) is 9.59 Å². The van der Waals surface area contributed by atoms with Crippen LogP contribution in [0.2, 0.25) is 0 Å². The number of anilines is 1. The van der Waals surface area contributed by atoms with Crippen molar-refractivity contribution in [2.24, 2.45) is 0 Å². The van der Waals surface area contributed by atoms with Crippen molar-refractivity contribution in [3.63, 3.8) is 0 Å². The number of hydrogen-bond acceptors (Lipinski definition) is 2. The van der Waals surface area contributed by atoms with Crippen LogP contribution in [0.25, 0.3) is 5.69 Å². The summed E-state index contributed by atoms with van der Waals surface area (Å²) in [6.45, 7) is 2.31. The van der Waals surface area contributed by atoms with E-state index in [4.69, 9.17) is 0 Å². The number of carbonyl (C=O) groups is 2. The minimum absolute atomic E-state index is 0.0254. The number of nitrogens with zero attached hydrogens (tertiary/aromatic N) is 3. The Kier molecular flexibility index (Phi) is 6.52. The second kappa shape index (κ2) is 9.88. The predicted octanol–water partition coefficient (Wildman–Crippen LogP) is 5.87. The molecule has 2 aromatic carbocycles. The fourth-order valence-corrected chi connectivity index (χ4v) is 5.09. The van der Waals surface area contributed by atoms with Crippen molar-refractivity contribution in [2.45, 2.75) is 64.0 Å². The van der Waals surface area contributed by atoms with Gasteiger partial charge >= 0.3 is 0 Å². The Labute approximate surface area is 202 Å². The fourth-order valence-electron chi connectivity index (χ4n) is 5.09. The Hall–Kier alpha value is -3.34. The van der Waals surface area contributed by atoms with E-state index in [1.54, 1.807) is 0 Å². The maximum Gasteiger partial charge on any atom is 0.247 e. The zero-order valence-corrected chi connectivity index (χ0v) is 19.9. The lowest BCUT2D eigenvalue weighted by atomic mass is 9.97. The summed E-state index contributed by atoms with van der Waals surface area (Å²) in [7, 11) is 0. The zero-order valence-electron chi connectivity index (χ0n) is 19.9. The molecule has 5 nitrogen and oxygen atoms in total. The standard InChI is InChI=1S/C29H33N3O2/c1-2-3-4-8-17-27(33)31(23-18-19-23)21-28(34)32-25-15-10-9-14-24(25)30-20-11-16-26(30)29(32)22-12-6-5-7-13-22/h5-7,9-16,20,23,29H,2-4,8,17-19,21H2,1H3. The smallest absolute Gasteiger partial charge is 0.247 e. The van der Waals surface area contributed by atoms with Gasteiger partial charge in [-0.3, -0.25) is 14.5 Å². The maximum atomic E-state index is 14.0. The van der Waals surface area contributed by atoms with Gasteiger partial charge < -0.3 is 9.47 Å². The number of benzene rings is 2. The first-order valence-corrected chi connectivity index (χ1v) is 12.6. The average Bonchev–Trinajstić information content (AvgIpc) is 3.59. The number of amides is 2. The molecule has 3 aromatic rings. The van der Waals surface area contributed by atoms with Crippen molar-refractivity contribution in [2.75, 3.05) is 11.4 Å². The van der Waals surface area contributed by atoms with Gasteiger partial charge in [-0.1, -0.05) is 68.7 Å². The van der Waals surface area contributed by atoms with Crippen molar-refractivity contribution < 1.29 is 9.59 Å². The van der Waals surface area contributed by atoms with E-state index in [-0.39, 0.29) is 30.4 Å². The quantitative estimate of drug-likeness (QED) is 0.379. The van der Waals surface area contributed by atoms with Gasteiger partial charge in [-0.15, -0.1) is 0 Å². The van der Waals surface area contributed by atoms with Crippen LogP contribution in [-0.4, -0.2) is 33.9 Å². The summed E-state index contributed by atoms with van der Waals surface area (Å²) in [6.07, 6.45) is 8.85. The lowest BCUT2D eigenvalue weighted by molar-refractivity contribution is -0.136. The van der Waals surface area contributed by atoms with E-state index in [1.807, 2.05) is 52.3 Å². The highest BCUT2D eigenvalue weighted by atomic mass is 16.2. The molecular weight excluding hydrogens is 422 g/mol. The third-order valence-electron chi connectivity index (χ3n) is 6.96. The molecule has 34 heavy (non-hydrogen) atoms. The summed E-state index contributed by atoms with van der Waals surface area (Å²) in [6, 6.07) is 22.3. The first kappa shape index (κ1) is 22.5. The van der Waals surface area contributed by atoms with Gasteiger partial charge in [0.05, 0.1) is 17.1 Å². The molecular formula is C29H33N3O2. The molecule has 5 heteroatoms. The molecule has 1 aliphatic carbocycles. The molecule has 2 heterocycles. The minimum Gasteiger partial charge on any atom is -0.330 e. The number of unbranched alkanes of at least 4 members (excludes halogenated alkanes) is 3. The van der Waals surface area contributed by atoms with E-state index in [0.29, 0.717) is 6.42 Å². The lowest BCUT2D eigenvalue weighted by Gasteiger charge is -2.39. The van der Waals surface area contributed by atoms with E-state index in [0.717, 1.165) is 61.2 Å². The molecule has 0 N–H and O–H groups in total. The van der Waals surface area contributed by atoms with Crippen LogP contribution in [0.15, 0.2) is 72.9 Å². The Morgan fingerprint density at radius 2 is 1.62 bits per heavy atom. The molecule has 0 radical (unpaired) electrons. The first-order chi connectivity index (χ1) is 16.7. The van der Waals surface area contributed by atoms with Crippen LogP contribution in [0.1, 0.15) is 69.2 Å². The molecule has 1 atom stereocenters. The molecule has 1 aliphatic heterocycles. The second-order valence-corrected chi connectivity index (χ2v) is 9.43. The lowest BCUT2D eigenvalue weighted by Crippen LogP contribution is -2.47. The van der Waals surface area contributed by atoms with Gasteiger partial charge in [0.1, 0.15) is 12.6 Å². The summed E-state index contributed by atoms with van der Waals surface area (Å²) in [5, 5.41) is 0. The number of aromatic nitrogens is 1. The first-order valence-electron chi connectivity index (χ1n) is 12.6. The molecule has 2 aliphatic rings. The molecule has 1 fully saturated rings. The third kappa shape index (κ3) is 4.39. The molecule has 2 amide bonds. The zero-order chi connectivity index (χ0) is 23.5. The fraction of sp³-hybridized carbons (Fsp3) is 0.379. The van der Waals surface area contributed by atoms with E-state index in [2.05, 4.69) is 42.0 Å². The van der Waals surface area contributed by atoms with Crippen molar-refractivity contribution in [3.8, 4) is 5.69 Å². The predicted molar refractivity (Wildman–Crippen MR) is 135 cm³/mol. The molecule has 0 bridgehead atoms. The Bertz CT molecular complexity index is 1150. The van der Waals surface area contributed by atoms with Gasteiger partial charge in [0.15, 0.2) is 0 Å². The summed E-state index contributed by atoms with van der Waals surface area (Å²) in [5.41, 5.74) is 4.00. The number of hydrogen-bond donors (Lipinski definition) is 0. The Balaban J connectivity index is 1.46. The highest BCUT2D eigenvalue weighted by Gasteiger charge is 2.39. The number of fused-ring (bicyclic) bond motifs is 3. The van der Waals surface area contributed by atoms with Gasteiger partial charge in [-0.25, -0.2) is 0 Å². The number of para-hydroxylation sites is 2. The van der Waals surface area contributed by atoms with Crippen LogP contribution in [0.5, 0.6) is 0 Å². The highest BCUT2D eigenvalue weighted by Crippen LogP contribution is 2.42. The summed E-state index contributed by atoms with van der Waals surface area (Å²) >= 11 is 0. The average molecular weight is 456 g/mol. The van der Waals surface area contributed by atoms with Crippen LogP contribution in [0.4, 0.5) is 5.69 Å². The Morgan fingerprint density at radius 1 is 0.882 bits per heavy atom. The van der Waals surface area contributed by atoms with Crippen LogP contribution < -0.4 is 4.90 Å². The van der Waals surface area contributed by atoms with Crippen LogP contribution >= 0.6 is 0 Å². The molecule has 1 unspecified atom stereocenters. The molecule has 1 saturated carbocycles.